The summed E-state index contributed by atoms with van der Waals surface area (Å²) in [6.45, 7) is 2.50. The van der Waals surface area contributed by atoms with E-state index in [9.17, 15) is 8.78 Å². The highest BCUT2D eigenvalue weighted by Crippen LogP contribution is 2.34. The smallest absolute Gasteiger partial charge is 0.241 e. The van der Waals surface area contributed by atoms with Crippen LogP contribution in [0.25, 0.3) is 0 Å². The van der Waals surface area contributed by atoms with Crippen molar-refractivity contribution in [3.05, 3.63) is 0 Å². The van der Waals surface area contributed by atoms with Crippen molar-refractivity contribution in [3.63, 3.8) is 0 Å². The van der Waals surface area contributed by atoms with Crippen LogP contribution in [0.1, 0.15) is 25.7 Å². The number of piperidine rings is 1. The third-order valence-corrected chi connectivity index (χ3v) is 3.42. The van der Waals surface area contributed by atoms with Gasteiger partial charge >= 0.3 is 0 Å². The Bertz CT molecular complexity index is 196. The van der Waals surface area contributed by atoms with Crippen LogP contribution in [-0.2, 0) is 0 Å². The number of likely N-dealkylation sites (tertiary alicyclic amines) is 1. The lowest BCUT2D eigenvalue weighted by molar-refractivity contribution is 0.0335. The fraction of sp³-hybridized carbons (Fsp3) is 1.00. The second-order valence-electron chi connectivity index (χ2n) is 4.81. The fourth-order valence-electron chi connectivity index (χ4n) is 2.13. The Hall–Kier alpha value is -0.220. The van der Waals surface area contributed by atoms with Crippen molar-refractivity contribution in [3.8, 4) is 0 Å². The molecule has 0 amide bonds. The zero-order valence-corrected chi connectivity index (χ0v) is 8.38. The molecule has 0 aromatic carbocycles. The normalized spacial score (nSPS) is 28.3. The molecule has 2 N–H and O–H groups in total. The van der Waals surface area contributed by atoms with E-state index in [0.29, 0.717) is 12.8 Å². The average molecular weight is 204 g/mol. The molecule has 14 heavy (non-hydrogen) atoms. The Morgan fingerprint density at radius 1 is 1.29 bits per heavy atom. The van der Waals surface area contributed by atoms with E-state index in [2.05, 4.69) is 4.90 Å². The molecule has 1 heterocycles. The van der Waals surface area contributed by atoms with Gasteiger partial charge in [0.05, 0.1) is 0 Å². The first kappa shape index (κ1) is 10.3. The van der Waals surface area contributed by atoms with Gasteiger partial charge in [0.2, 0.25) is 6.43 Å². The van der Waals surface area contributed by atoms with Crippen molar-refractivity contribution in [1.29, 1.82) is 0 Å². The monoisotopic (exact) mass is 204 g/mol. The molecule has 1 saturated carbocycles. The molecule has 1 saturated heterocycles. The molecule has 1 aliphatic carbocycles. The molecule has 0 radical (unpaired) electrons. The Morgan fingerprint density at radius 2 is 1.86 bits per heavy atom. The third kappa shape index (κ3) is 2.42. The first-order valence-electron chi connectivity index (χ1n) is 5.38. The molecular weight excluding hydrogens is 186 g/mol. The minimum Gasteiger partial charge on any atom is -0.324 e. The van der Waals surface area contributed by atoms with Gasteiger partial charge in [-0.3, -0.25) is 0 Å². The van der Waals surface area contributed by atoms with Crippen molar-refractivity contribution in [2.24, 2.45) is 11.7 Å². The first-order chi connectivity index (χ1) is 6.59. The van der Waals surface area contributed by atoms with Crippen molar-refractivity contribution in [2.45, 2.75) is 37.6 Å². The number of halogens is 2. The van der Waals surface area contributed by atoms with Crippen molar-refractivity contribution in [2.75, 3.05) is 19.6 Å². The van der Waals surface area contributed by atoms with E-state index >= 15 is 0 Å². The number of nitrogens with two attached hydrogens (primary N) is 1. The van der Waals surface area contributed by atoms with Crippen LogP contribution in [0.2, 0.25) is 0 Å². The van der Waals surface area contributed by atoms with Crippen molar-refractivity contribution >= 4 is 0 Å². The third-order valence-electron chi connectivity index (χ3n) is 3.42. The van der Waals surface area contributed by atoms with Gasteiger partial charge in [-0.05, 0) is 38.8 Å². The second-order valence-corrected chi connectivity index (χ2v) is 4.81. The lowest BCUT2D eigenvalue weighted by Crippen LogP contribution is -2.44. The molecule has 4 heteroatoms. The van der Waals surface area contributed by atoms with Crippen molar-refractivity contribution < 1.29 is 8.78 Å². The molecule has 0 aromatic rings. The fourth-order valence-corrected chi connectivity index (χ4v) is 2.13. The predicted molar refractivity (Wildman–Crippen MR) is 51.3 cm³/mol. The Balaban J connectivity index is 1.73. The molecule has 0 bridgehead atoms. The summed E-state index contributed by atoms with van der Waals surface area (Å²) >= 11 is 0. The van der Waals surface area contributed by atoms with Crippen molar-refractivity contribution in [1.82, 2.24) is 4.90 Å². The Kier molecular flexibility index (Phi) is 2.75. The Morgan fingerprint density at radius 3 is 2.29 bits per heavy atom. The average Bonchev–Trinajstić information content (AvgIpc) is 2.84. The first-order valence-corrected chi connectivity index (χ1v) is 5.38. The largest absolute Gasteiger partial charge is 0.324 e. The van der Waals surface area contributed by atoms with E-state index in [0.717, 1.165) is 32.5 Å². The van der Waals surface area contributed by atoms with Gasteiger partial charge in [0.1, 0.15) is 0 Å². The van der Waals surface area contributed by atoms with Gasteiger partial charge in [-0.25, -0.2) is 8.78 Å². The minimum atomic E-state index is -2.13. The van der Waals surface area contributed by atoms with E-state index in [1.54, 1.807) is 0 Å². The zero-order chi connectivity index (χ0) is 10.2. The van der Waals surface area contributed by atoms with Gasteiger partial charge in [-0.1, -0.05) is 0 Å². The van der Waals surface area contributed by atoms with Crippen LogP contribution in [-0.4, -0.2) is 36.5 Å². The quantitative estimate of drug-likeness (QED) is 0.754. The highest BCUT2D eigenvalue weighted by molar-refractivity contribution is 5.01. The van der Waals surface area contributed by atoms with E-state index < -0.39 is 6.43 Å². The number of rotatable bonds is 3. The zero-order valence-electron chi connectivity index (χ0n) is 8.38. The molecule has 2 rings (SSSR count). The van der Waals surface area contributed by atoms with Gasteiger partial charge in [0, 0.05) is 18.0 Å². The lowest BCUT2D eigenvalue weighted by atomic mass is 9.97. The van der Waals surface area contributed by atoms with E-state index in [1.165, 1.54) is 0 Å². The Labute approximate surface area is 83.4 Å². The van der Waals surface area contributed by atoms with Crippen LogP contribution in [0.3, 0.4) is 0 Å². The molecule has 82 valence electrons. The van der Waals surface area contributed by atoms with E-state index in [1.807, 2.05) is 0 Å². The van der Waals surface area contributed by atoms with Crippen LogP contribution in [0.4, 0.5) is 8.78 Å². The molecule has 0 atom stereocenters. The minimum absolute atomic E-state index is 0.0255. The summed E-state index contributed by atoms with van der Waals surface area (Å²) in [5, 5.41) is 0. The molecule has 2 aliphatic rings. The van der Waals surface area contributed by atoms with Gasteiger partial charge in [0.15, 0.2) is 0 Å². The van der Waals surface area contributed by atoms with Gasteiger partial charge in [0.25, 0.3) is 0 Å². The number of nitrogens with zero attached hydrogens (tertiary/aromatic N) is 1. The van der Waals surface area contributed by atoms with Crippen LogP contribution in [0.5, 0.6) is 0 Å². The molecular formula is C10H18F2N2. The number of hydrogen-bond donors (Lipinski definition) is 1. The molecule has 0 spiro atoms. The number of hydrogen-bond acceptors (Lipinski definition) is 2. The topological polar surface area (TPSA) is 29.3 Å². The highest BCUT2D eigenvalue weighted by atomic mass is 19.3. The molecule has 0 unspecified atom stereocenters. The summed E-state index contributed by atoms with van der Waals surface area (Å²) in [6, 6.07) is 0. The maximum atomic E-state index is 12.4. The van der Waals surface area contributed by atoms with E-state index in [-0.39, 0.29) is 11.5 Å². The van der Waals surface area contributed by atoms with Crippen LogP contribution in [0.15, 0.2) is 0 Å². The summed E-state index contributed by atoms with van der Waals surface area (Å²) in [5.74, 6) is -0.376. The molecule has 1 aliphatic heterocycles. The summed E-state index contributed by atoms with van der Waals surface area (Å²) < 4.78 is 24.7. The SMILES string of the molecule is NC1(CN2CCC(C(F)F)CC2)CC1. The van der Waals surface area contributed by atoms with Gasteiger partial charge in [-0.15, -0.1) is 0 Å². The lowest BCUT2D eigenvalue weighted by Gasteiger charge is -2.33. The van der Waals surface area contributed by atoms with Crippen LogP contribution < -0.4 is 5.73 Å². The molecule has 0 aromatic heterocycles. The van der Waals surface area contributed by atoms with E-state index in [4.69, 9.17) is 5.73 Å². The summed E-state index contributed by atoms with van der Waals surface area (Å²) in [4.78, 5) is 2.24. The maximum Gasteiger partial charge on any atom is 0.241 e. The van der Waals surface area contributed by atoms with Crippen LogP contribution in [0, 0.1) is 5.92 Å². The summed E-state index contributed by atoms with van der Waals surface area (Å²) in [6.07, 6.45) is 1.33. The molecule has 2 nitrogen and oxygen atoms in total. The number of alkyl halides is 2. The van der Waals surface area contributed by atoms with Gasteiger partial charge in [-0.2, -0.15) is 0 Å². The summed E-state index contributed by atoms with van der Waals surface area (Å²) in [5.41, 5.74) is 6.01. The summed E-state index contributed by atoms with van der Waals surface area (Å²) in [7, 11) is 0. The second kappa shape index (κ2) is 3.74. The maximum absolute atomic E-state index is 12.4. The standard InChI is InChI=1S/C10H18F2N2/c11-9(12)8-1-5-14(6-2-8)7-10(13)3-4-10/h8-9H,1-7,13H2. The molecule has 2 fully saturated rings. The highest BCUT2D eigenvalue weighted by Gasteiger charge is 2.40. The van der Waals surface area contributed by atoms with Gasteiger partial charge < -0.3 is 10.6 Å². The predicted octanol–water partition coefficient (Wildman–Crippen LogP) is 1.45. The van der Waals surface area contributed by atoms with Crippen LogP contribution >= 0.6 is 0 Å².